The molecule has 0 atom stereocenters. The highest BCUT2D eigenvalue weighted by Crippen LogP contribution is 2.12. The van der Waals surface area contributed by atoms with E-state index in [9.17, 15) is 9.59 Å². The molecule has 0 aliphatic heterocycles. The minimum Gasteiger partial charge on any atom is -0.295 e. The Morgan fingerprint density at radius 2 is 1.83 bits per heavy atom. The monoisotopic (exact) mass is 322 g/mol. The summed E-state index contributed by atoms with van der Waals surface area (Å²) in [5, 5.41) is 3.99. The number of nitrogens with one attached hydrogen (secondary N) is 1. The molecule has 2 aromatic carbocycles. The molecule has 24 heavy (non-hydrogen) atoms. The van der Waals surface area contributed by atoms with Crippen LogP contribution in [0.2, 0.25) is 0 Å². The molecule has 0 fully saturated rings. The number of benzene rings is 2. The highest BCUT2D eigenvalue weighted by Gasteiger charge is 2.07. The Kier molecular flexibility index (Phi) is 4.04. The third kappa shape index (κ3) is 2.86. The Labute approximate surface area is 139 Å². The standard InChI is InChI=1S/C18H18N4O2/c1-12-5-4-6-14(9-12)17(23)20-19-11-13-7-8-15-16(10-13)22(3)18(24)21(15)2/h4-11H,1-3H3,(H,20,23)/b19-11-. The number of carbonyl (C=O) groups is 1. The molecule has 3 rings (SSSR count). The van der Waals surface area contributed by atoms with Crippen LogP contribution in [0, 0.1) is 6.92 Å². The van der Waals surface area contributed by atoms with Gasteiger partial charge in [-0.15, -0.1) is 0 Å². The summed E-state index contributed by atoms with van der Waals surface area (Å²) in [7, 11) is 3.46. The first-order valence-corrected chi connectivity index (χ1v) is 7.53. The molecular weight excluding hydrogens is 304 g/mol. The molecule has 0 spiro atoms. The lowest BCUT2D eigenvalue weighted by atomic mass is 10.1. The van der Waals surface area contributed by atoms with Crippen LogP contribution in [0.15, 0.2) is 52.4 Å². The van der Waals surface area contributed by atoms with Gasteiger partial charge in [0, 0.05) is 19.7 Å². The van der Waals surface area contributed by atoms with E-state index in [1.807, 2.05) is 37.3 Å². The van der Waals surface area contributed by atoms with Crippen molar-refractivity contribution in [1.29, 1.82) is 0 Å². The molecule has 0 saturated carbocycles. The fraction of sp³-hybridized carbons (Fsp3) is 0.167. The van der Waals surface area contributed by atoms with E-state index in [2.05, 4.69) is 10.5 Å². The van der Waals surface area contributed by atoms with Gasteiger partial charge in [0.25, 0.3) is 5.91 Å². The van der Waals surface area contributed by atoms with Crippen molar-refractivity contribution in [3.05, 3.63) is 69.6 Å². The molecule has 1 aromatic heterocycles. The third-order valence-electron chi connectivity index (χ3n) is 3.96. The van der Waals surface area contributed by atoms with Crippen LogP contribution in [0.5, 0.6) is 0 Å². The Balaban J connectivity index is 1.80. The number of hydrogen-bond donors (Lipinski definition) is 1. The number of aryl methyl sites for hydroxylation is 3. The van der Waals surface area contributed by atoms with E-state index in [1.54, 1.807) is 41.6 Å². The highest BCUT2D eigenvalue weighted by molar-refractivity contribution is 5.95. The van der Waals surface area contributed by atoms with E-state index in [-0.39, 0.29) is 11.6 Å². The summed E-state index contributed by atoms with van der Waals surface area (Å²) in [4.78, 5) is 24.0. The van der Waals surface area contributed by atoms with Gasteiger partial charge in [0.1, 0.15) is 0 Å². The molecule has 0 unspecified atom stereocenters. The molecular formula is C18H18N4O2. The summed E-state index contributed by atoms with van der Waals surface area (Å²) < 4.78 is 3.17. The average Bonchev–Trinajstić information content (AvgIpc) is 2.79. The Morgan fingerprint density at radius 1 is 1.08 bits per heavy atom. The smallest absolute Gasteiger partial charge is 0.295 e. The van der Waals surface area contributed by atoms with E-state index in [0.717, 1.165) is 22.2 Å². The molecule has 0 aliphatic rings. The summed E-state index contributed by atoms with van der Waals surface area (Å²) in [5.74, 6) is -0.261. The molecule has 122 valence electrons. The molecule has 6 heteroatoms. The summed E-state index contributed by atoms with van der Waals surface area (Å²) in [6.07, 6.45) is 1.56. The van der Waals surface area contributed by atoms with Crippen molar-refractivity contribution in [3.63, 3.8) is 0 Å². The van der Waals surface area contributed by atoms with Crippen molar-refractivity contribution >= 4 is 23.2 Å². The molecule has 0 bridgehead atoms. The maximum atomic E-state index is 12.0. The van der Waals surface area contributed by atoms with Gasteiger partial charge in [-0.05, 0) is 36.8 Å². The average molecular weight is 322 g/mol. The van der Waals surface area contributed by atoms with Gasteiger partial charge in [0.05, 0.1) is 17.2 Å². The second-order valence-electron chi connectivity index (χ2n) is 5.72. The summed E-state index contributed by atoms with van der Waals surface area (Å²) in [6.45, 7) is 1.93. The second-order valence-corrected chi connectivity index (χ2v) is 5.72. The van der Waals surface area contributed by atoms with Crippen LogP contribution in [0.25, 0.3) is 11.0 Å². The van der Waals surface area contributed by atoms with Gasteiger partial charge in [-0.25, -0.2) is 10.2 Å². The fourth-order valence-electron chi connectivity index (χ4n) is 2.62. The lowest BCUT2D eigenvalue weighted by Crippen LogP contribution is -2.19. The largest absolute Gasteiger partial charge is 0.328 e. The fourth-order valence-corrected chi connectivity index (χ4v) is 2.62. The van der Waals surface area contributed by atoms with Crippen LogP contribution in [0.4, 0.5) is 0 Å². The van der Waals surface area contributed by atoms with Crippen LogP contribution in [0.3, 0.4) is 0 Å². The first-order valence-electron chi connectivity index (χ1n) is 7.53. The zero-order chi connectivity index (χ0) is 17.3. The molecule has 1 heterocycles. The zero-order valence-corrected chi connectivity index (χ0v) is 13.8. The van der Waals surface area contributed by atoms with Gasteiger partial charge in [-0.3, -0.25) is 13.9 Å². The number of rotatable bonds is 3. The number of imidazole rings is 1. The first-order chi connectivity index (χ1) is 11.5. The summed E-state index contributed by atoms with van der Waals surface area (Å²) in [5.41, 5.74) is 6.48. The molecule has 0 aliphatic carbocycles. The van der Waals surface area contributed by atoms with Crippen LogP contribution >= 0.6 is 0 Å². The number of fused-ring (bicyclic) bond motifs is 1. The number of amides is 1. The minimum atomic E-state index is -0.261. The van der Waals surface area contributed by atoms with Gasteiger partial charge in [0.15, 0.2) is 0 Å². The number of hydrazone groups is 1. The van der Waals surface area contributed by atoms with Crippen molar-refractivity contribution in [2.24, 2.45) is 19.2 Å². The number of carbonyl (C=O) groups excluding carboxylic acids is 1. The van der Waals surface area contributed by atoms with Gasteiger partial charge >= 0.3 is 5.69 Å². The molecule has 0 radical (unpaired) electrons. The summed E-state index contributed by atoms with van der Waals surface area (Å²) in [6, 6.07) is 12.9. The van der Waals surface area contributed by atoms with Gasteiger partial charge < -0.3 is 0 Å². The normalized spacial score (nSPS) is 11.3. The van der Waals surface area contributed by atoms with E-state index in [0.29, 0.717) is 5.56 Å². The van der Waals surface area contributed by atoms with Crippen LogP contribution in [0.1, 0.15) is 21.5 Å². The number of aromatic nitrogens is 2. The van der Waals surface area contributed by atoms with Crippen molar-refractivity contribution in [2.75, 3.05) is 0 Å². The van der Waals surface area contributed by atoms with E-state index >= 15 is 0 Å². The van der Waals surface area contributed by atoms with Crippen LogP contribution < -0.4 is 11.1 Å². The SMILES string of the molecule is Cc1cccc(C(=O)N/N=C\c2ccc3c(c2)n(C)c(=O)n3C)c1. The minimum absolute atomic E-state index is 0.0770. The van der Waals surface area contributed by atoms with E-state index in [1.165, 1.54) is 0 Å². The molecule has 1 N–H and O–H groups in total. The Bertz CT molecular complexity index is 1010. The molecule has 0 saturated heterocycles. The molecule has 3 aromatic rings. The number of hydrogen-bond acceptors (Lipinski definition) is 3. The zero-order valence-electron chi connectivity index (χ0n) is 13.8. The van der Waals surface area contributed by atoms with Gasteiger partial charge in [-0.1, -0.05) is 23.8 Å². The van der Waals surface area contributed by atoms with Crippen molar-refractivity contribution < 1.29 is 4.79 Å². The first kappa shape index (κ1) is 15.7. The Morgan fingerprint density at radius 3 is 2.58 bits per heavy atom. The lowest BCUT2D eigenvalue weighted by Gasteiger charge is -2.01. The van der Waals surface area contributed by atoms with Crippen LogP contribution in [-0.2, 0) is 14.1 Å². The predicted molar refractivity (Wildman–Crippen MR) is 94.4 cm³/mol. The maximum absolute atomic E-state index is 12.0. The molecule has 6 nitrogen and oxygen atoms in total. The molecule has 1 amide bonds. The van der Waals surface area contributed by atoms with Crippen molar-refractivity contribution in [2.45, 2.75) is 6.92 Å². The van der Waals surface area contributed by atoms with E-state index in [4.69, 9.17) is 0 Å². The lowest BCUT2D eigenvalue weighted by molar-refractivity contribution is 0.0955. The highest BCUT2D eigenvalue weighted by atomic mass is 16.2. The topological polar surface area (TPSA) is 68.4 Å². The summed E-state index contributed by atoms with van der Waals surface area (Å²) >= 11 is 0. The van der Waals surface area contributed by atoms with Crippen LogP contribution in [-0.4, -0.2) is 21.3 Å². The Hall–Kier alpha value is -3.15. The number of nitrogens with zero attached hydrogens (tertiary/aromatic N) is 3. The van der Waals surface area contributed by atoms with Gasteiger partial charge in [-0.2, -0.15) is 5.10 Å². The second kappa shape index (κ2) is 6.16. The third-order valence-corrected chi connectivity index (χ3v) is 3.96. The predicted octanol–water partition coefficient (Wildman–Crippen LogP) is 1.95. The van der Waals surface area contributed by atoms with Crippen molar-refractivity contribution in [1.82, 2.24) is 14.6 Å². The van der Waals surface area contributed by atoms with E-state index < -0.39 is 0 Å². The quantitative estimate of drug-likeness (QED) is 0.591. The van der Waals surface area contributed by atoms with Gasteiger partial charge in [0.2, 0.25) is 0 Å². The maximum Gasteiger partial charge on any atom is 0.328 e. The van der Waals surface area contributed by atoms with Crippen molar-refractivity contribution in [3.8, 4) is 0 Å².